The van der Waals surface area contributed by atoms with Crippen LogP contribution in [0.1, 0.15) is 44.9 Å². The molecule has 1 saturated heterocycles. The molecule has 2 atom stereocenters. The van der Waals surface area contributed by atoms with Gasteiger partial charge in [-0.1, -0.05) is 43.8 Å². The van der Waals surface area contributed by atoms with E-state index >= 15 is 0 Å². The Morgan fingerprint density at radius 2 is 1.85 bits per heavy atom. The van der Waals surface area contributed by atoms with Crippen LogP contribution in [0, 0.1) is 11.8 Å². The molecule has 6 heteroatoms. The van der Waals surface area contributed by atoms with Crippen LogP contribution < -0.4 is 0 Å². The lowest BCUT2D eigenvalue weighted by Crippen LogP contribution is -2.43. The Hall–Kier alpha value is -1.82. The quantitative estimate of drug-likeness (QED) is 0.753. The highest BCUT2D eigenvalue weighted by Gasteiger charge is 2.31. The second-order valence-corrected chi connectivity index (χ2v) is 8.75. The number of hydrogen-bond acceptors (Lipinski definition) is 4. The number of thioether (sulfide) groups is 1. The fourth-order valence-electron chi connectivity index (χ4n) is 3.81. The normalized spacial score (nSPS) is 23.2. The molecule has 2 fully saturated rings. The summed E-state index contributed by atoms with van der Waals surface area (Å²) in [5.41, 5.74) is 1.04. The average molecular weight is 371 g/mol. The zero-order valence-corrected chi connectivity index (χ0v) is 16.3. The van der Waals surface area contributed by atoms with Crippen LogP contribution in [-0.4, -0.2) is 44.4 Å². The van der Waals surface area contributed by atoms with Crippen molar-refractivity contribution in [3.05, 3.63) is 36.2 Å². The Kier molecular flexibility index (Phi) is 5.02. The second-order valence-electron chi connectivity index (χ2n) is 7.81. The zero-order chi connectivity index (χ0) is 18.1. The number of hydrogen-bond donors (Lipinski definition) is 0. The van der Waals surface area contributed by atoms with Crippen molar-refractivity contribution in [3.8, 4) is 5.69 Å². The summed E-state index contributed by atoms with van der Waals surface area (Å²) in [5, 5.41) is 5.40. The molecule has 2 heterocycles. The van der Waals surface area contributed by atoms with Gasteiger partial charge in [0.05, 0.1) is 11.4 Å². The number of carbonyl (C=O) groups excluding carboxylic acids is 1. The Bertz CT molecular complexity index is 761. The number of amides is 1. The van der Waals surface area contributed by atoms with Gasteiger partial charge < -0.3 is 4.90 Å². The monoisotopic (exact) mass is 370 g/mol. The first-order valence-corrected chi connectivity index (χ1v) is 10.5. The Labute approximate surface area is 159 Å². The van der Waals surface area contributed by atoms with Gasteiger partial charge in [-0.15, -0.1) is 5.10 Å². The lowest BCUT2D eigenvalue weighted by atomic mass is 9.92. The maximum atomic E-state index is 12.6. The third kappa shape index (κ3) is 3.95. The smallest absolute Gasteiger partial charge is 0.233 e. The van der Waals surface area contributed by atoms with Gasteiger partial charge in [0, 0.05) is 19.0 Å². The van der Waals surface area contributed by atoms with Gasteiger partial charge >= 0.3 is 0 Å². The van der Waals surface area contributed by atoms with Crippen LogP contribution in [0.2, 0.25) is 0 Å². The van der Waals surface area contributed by atoms with Gasteiger partial charge in [0.15, 0.2) is 0 Å². The first-order chi connectivity index (χ1) is 12.6. The van der Waals surface area contributed by atoms with Crippen LogP contribution in [0.5, 0.6) is 0 Å². The summed E-state index contributed by atoms with van der Waals surface area (Å²) < 4.78 is 1.95. The van der Waals surface area contributed by atoms with Crippen LogP contribution in [0.25, 0.3) is 5.69 Å². The highest BCUT2D eigenvalue weighted by atomic mass is 32.2. The van der Waals surface area contributed by atoms with Crippen molar-refractivity contribution in [2.24, 2.45) is 11.8 Å². The minimum Gasteiger partial charge on any atom is -0.341 e. The largest absolute Gasteiger partial charge is 0.341 e. The molecular formula is C20H26N4OS. The first-order valence-electron chi connectivity index (χ1n) is 9.53. The molecule has 0 N–H and O–H groups in total. The molecule has 138 valence electrons. The highest BCUT2D eigenvalue weighted by Crippen LogP contribution is 2.40. The molecule has 1 aromatic carbocycles. The van der Waals surface area contributed by atoms with Crippen molar-refractivity contribution >= 4 is 17.7 Å². The van der Waals surface area contributed by atoms with E-state index in [2.05, 4.69) is 31.1 Å². The van der Waals surface area contributed by atoms with E-state index in [-0.39, 0.29) is 5.91 Å². The van der Waals surface area contributed by atoms with Crippen LogP contribution in [0.15, 0.2) is 35.5 Å². The first kappa shape index (κ1) is 17.6. The molecule has 1 aliphatic heterocycles. The fraction of sp³-hybridized carbons (Fsp3) is 0.550. The molecule has 1 aromatic heterocycles. The predicted octanol–water partition coefficient (Wildman–Crippen LogP) is 3.74. The third-order valence-electron chi connectivity index (χ3n) is 5.10. The molecule has 0 radical (unpaired) electrons. The number of rotatable bonds is 5. The van der Waals surface area contributed by atoms with Gasteiger partial charge in [-0.3, -0.25) is 4.79 Å². The zero-order valence-electron chi connectivity index (χ0n) is 15.5. The number of aromatic nitrogens is 3. The molecule has 1 saturated carbocycles. The van der Waals surface area contributed by atoms with E-state index < -0.39 is 0 Å². The van der Waals surface area contributed by atoms with Gasteiger partial charge in [-0.05, 0) is 43.2 Å². The Balaban J connectivity index is 1.44. The van der Waals surface area contributed by atoms with Crippen molar-refractivity contribution in [2.75, 3.05) is 18.8 Å². The summed E-state index contributed by atoms with van der Waals surface area (Å²) in [6, 6.07) is 10.1. The lowest BCUT2D eigenvalue weighted by Gasteiger charge is -2.34. The van der Waals surface area contributed by atoms with Crippen molar-refractivity contribution in [1.29, 1.82) is 0 Å². The molecule has 0 bridgehead atoms. The fourth-order valence-corrected chi connectivity index (χ4v) is 4.55. The van der Waals surface area contributed by atoms with E-state index in [0.29, 0.717) is 28.7 Å². The summed E-state index contributed by atoms with van der Waals surface area (Å²) in [5.74, 6) is 3.34. The molecule has 26 heavy (non-hydrogen) atoms. The molecular weight excluding hydrogens is 344 g/mol. The summed E-state index contributed by atoms with van der Waals surface area (Å²) in [6.07, 6.45) is 3.57. The van der Waals surface area contributed by atoms with Crippen LogP contribution in [0.3, 0.4) is 0 Å². The van der Waals surface area contributed by atoms with Crippen molar-refractivity contribution in [2.45, 2.75) is 44.2 Å². The van der Waals surface area contributed by atoms with E-state index in [0.717, 1.165) is 24.6 Å². The van der Waals surface area contributed by atoms with E-state index in [1.54, 1.807) is 0 Å². The minimum atomic E-state index is 0.206. The van der Waals surface area contributed by atoms with E-state index in [1.807, 2.05) is 27.8 Å². The van der Waals surface area contributed by atoms with Crippen molar-refractivity contribution in [1.82, 2.24) is 19.7 Å². The van der Waals surface area contributed by atoms with Gasteiger partial charge in [-0.2, -0.15) is 0 Å². The van der Waals surface area contributed by atoms with Crippen LogP contribution >= 0.6 is 11.8 Å². The number of para-hydroxylation sites is 1. The average Bonchev–Trinajstić information content (AvgIpc) is 3.39. The maximum Gasteiger partial charge on any atom is 0.233 e. The SMILES string of the molecule is CC1CC(C)CN(C(=O)CSc2nc(C3CC3)n(-c3ccccc3)n2)C1. The van der Waals surface area contributed by atoms with Crippen LogP contribution in [0.4, 0.5) is 0 Å². The molecule has 2 aromatic rings. The summed E-state index contributed by atoms with van der Waals surface area (Å²) in [4.78, 5) is 19.4. The van der Waals surface area contributed by atoms with E-state index in [9.17, 15) is 4.79 Å². The molecule has 1 amide bonds. The number of carbonyl (C=O) groups is 1. The van der Waals surface area contributed by atoms with Gasteiger partial charge in [0.2, 0.25) is 11.1 Å². The highest BCUT2D eigenvalue weighted by molar-refractivity contribution is 7.99. The summed E-state index contributed by atoms with van der Waals surface area (Å²) >= 11 is 1.47. The topological polar surface area (TPSA) is 51.0 Å². The molecule has 2 unspecified atom stereocenters. The molecule has 0 spiro atoms. The molecule has 1 aliphatic carbocycles. The lowest BCUT2D eigenvalue weighted by molar-refractivity contribution is -0.130. The Morgan fingerprint density at radius 1 is 1.15 bits per heavy atom. The Morgan fingerprint density at radius 3 is 2.50 bits per heavy atom. The standard InChI is InChI=1S/C20H26N4OS/c1-14-10-15(2)12-23(11-14)18(25)13-26-20-21-19(16-8-9-16)24(22-20)17-6-4-3-5-7-17/h3-7,14-16H,8-13H2,1-2H3. The van der Waals surface area contributed by atoms with E-state index in [4.69, 9.17) is 4.98 Å². The van der Waals surface area contributed by atoms with Gasteiger partial charge in [-0.25, -0.2) is 9.67 Å². The molecule has 5 nitrogen and oxygen atoms in total. The van der Waals surface area contributed by atoms with Gasteiger partial charge in [0.25, 0.3) is 0 Å². The van der Waals surface area contributed by atoms with Crippen LogP contribution in [-0.2, 0) is 4.79 Å². The molecule has 4 rings (SSSR count). The van der Waals surface area contributed by atoms with E-state index in [1.165, 1.54) is 31.0 Å². The van der Waals surface area contributed by atoms with Crippen molar-refractivity contribution in [3.63, 3.8) is 0 Å². The third-order valence-corrected chi connectivity index (χ3v) is 5.92. The summed E-state index contributed by atoms with van der Waals surface area (Å²) in [6.45, 7) is 6.22. The number of benzene rings is 1. The van der Waals surface area contributed by atoms with Crippen molar-refractivity contribution < 1.29 is 4.79 Å². The maximum absolute atomic E-state index is 12.6. The minimum absolute atomic E-state index is 0.206. The summed E-state index contributed by atoms with van der Waals surface area (Å²) in [7, 11) is 0. The number of nitrogens with zero attached hydrogens (tertiary/aromatic N) is 4. The number of likely N-dealkylation sites (tertiary alicyclic amines) is 1. The van der Waals surface area contributed by atoms with Gasteiger partial charge in [0.1, 0.15) is 5.82 Å². The molecule has 2 aliphatic rings. The second kappa shape index (κ2) is 7.43. The number of piperidine rings is 1. The predicted molar refractivity (Wildman–Crippen MR) is 104 cm³/mol.